The van der Waals surface area contributed by atoms with Crippen LogP contribution < -0.4 is 0 Å². The molecular formula is C25H20N4. The summed E-state index contributed by atoms with van der Waals surface area (Å²) in [5.41, 5.74) is 6.45. The van der Waals surface area contributed by atoms with Crippen molar-refractivity contribution < 1.29 is 0 Å². The second-order valence-electron chi connectivity index (χ2n) is 6.59. The van der Waals surface area contributed by atoms with Crippen molar-refractivity contribution in [3.8, 4) is 0 Å². The fourth-order valence-electron chi connectivity index (χ4n) is 2.83. The van der Waals surface area contributed by atoms with Crippen molar-refractivity contribution in [3.63, 3.8) is 0 Å². The highest BCUT2D eigenvalue weighted by Gasteiger charge is 1.98. The molecule has 0 saturated carbocycles. The molecule has 140 valence electrons. The minimum absolute atomic E-state index is 0.878. The first-order chi connectivity index (χ1) is 14.3. The van der Waals surface area contributed by atoms with Gasteiger partial charge in [-0.05, 0) is 77.2 Å². The van der Waals surface area contributed by atoms with Crippen LogP contribution in [0.25, 0.3) is 0 Å². The molecule has 0 N–H and O–H groups in total. The molecule has 0 atom stereocenters. The summed E-state index contributed by atoms with van der Waals surface area (Å²) in [4.78, 5) is 17.0. The molecule has 29 heavy (non-hydrogen) atoms. The van der Waals surface area contributed by atoms with Crippen LogP contribution in [0.3, 0.4) is 0 Å². The summed E-state index contributed by atoms with van der Waals surface area (Å²) in [7, 11) is 0. The summed E-state index contributed by atoms with van der Waals surface area (Å²) < 4.78 is 0. The van der Waals surface area contributed by atoms with Gasteiger partial charge in [0.2, 0.25) is 0 Å². The standard InChI is InChI=1S/C25H20N4/c1-5-24(28-18-22-9-13-26-14-10-22)6-2-20(1)17-21-3-7-25(8-4-21)29-19-23-11-15-27-16-12-23/h1-16,18-19H,17H2. The van der Waals surface area contributed by atoms with Crippen molar-refractivity contribution in [2.75, 3.05) is 0 Å². The first-order valence-electron chi connectivity index (χ1n) is 9.41. The summed E-state index contributed by atoms with van der Waals surface area (Å²) in [5.74, 6) is 0. The van der Waals surface area contributed by atoms with Gasteiger partial charge in [0, 0.05) is 37.2 Å². The van der Waals surface area contributed by atoms with E-state index in [1.165, 1.54) is 11.1 Å². The molecule has 0 saturated heterocycles. The van der Waals surface area contributed by atoms with Crippen LogP contribution in [0.2, 0.25) is 0 Å². The lowest BCUT2D eigenvalue weighted by molar-refractivity contribution is 1.19. The number of hydrogen-bond acceptors (Lipinski definition) is 4. The average Bonchev–Trinajstić information content (AvgIpc) is 2.80. The molecule has 0 radical (unpaired) electrons. The maximum atomic E-state index is 4.51. The Morgan fingerprint density at radius 3 is 1.28 bits per heavy atom. The highest BCUT2D eigenvalue weighted by atomic mass is 14.7. The second kappa shape index (κ2) is 9.33. The van der Waals surface area contributed by atoms with Crippen molar-refractivity contribution in [2.45, 2.75) is 6.42 Å². The minimum atomic E-state index is 0.878. The van der Waals surface area contributed by atoms with Gasteiger partial charge in [-0.15, -0.1) is 0 Å². The molecule has 0 bridgehead atoms. The van der Waals surface area contributed by atoms with Crippen LogP contribution in [0.4, 0.5) is 11.4 Å². The summed E-state index contributed by atoms with van der Waals surface area (Å²) in [6, 6.07) is 24.4. The van der Waals surface area contributed by atoms with E-state index in [0.717, 1.165) is 28.9 Å². The van der Waals surface area contributed by atoms with Gasteiger partial charge in [-0.25, -0.2) is 0 Å². The quantitative estimate of drug-likeness (QED) is 0.413. The van der Waals surface area contributed by atoms with E-state index in [1.807, 2.05) is 61.0 Å². The zero-order valence-corrected chi connectivity index (χ0v) is 15.9. The second-order valence-corrected chi connectivity index (χ2v) is 6.59. The van der Waals surface area contributed by atoms with Crippen molar-refractivity contribution >= 4 is 23.8 Å². The van der Waals surface area contributed by atoms with E-state index < -0.39 is 0 Å². The molecule has 0 aliphatic rings. The van der Waals surface area contributed by atoms with Gasteiger partial charge < -0.3 is 0 Å². The Hall–Kier alpha value is -3.92. The summed E-state index contributed by atoms with van der Waals surface area (Å²) >= 11 is 0. The summed E-state index contributed by atoms with van der Waals surface area (Å²) in [6.07, 6.45) is 11.6. The van der Waals surface area contributed by atoms with E-state index in [1.54, 1.807) is 24.8 Å². The number of aromatic nitrogens is 2. The lowest BCUT2D eigenvalue weighted by atomic mass is 10.0. The van der Waals surface area contributed by atoms with Crippen molar-refractivity contribution in [1.29, 1.82) is 0 Å². The van der Waals surface area contributed by atoms with Crippen LogP contribution in [0.5, 0.6) is 0 Å². The molecule has 0 amide bonds. The lowest BCUT2D eigenvalue weighted by Crippen LogP contribution is -1.87. The number of pyridine rings is 2. The normalized spacial score (nSPS) is 11.3. The van der Waals surface area contributed by atoms with Gasteiger partial charge in [-0.2, -0.15) is 0 Å². The number of hydrogen-bond donors (Lipinski definition) is 0. The predicted molar refractivity (Wildman–Crippen MR) is 119 cm³/mol. The topological polar surface area (TPSA) is 50.5 Å². The molecule has 0 aliphatic carbocycles. The fourth-order valence-corrected chi connectivity index (χ4v) is 2.83. The van der Waals surface area contributed by atoms with Gasteiger partial charge in [-0.1, -0.05) is 24.3 Å². The largest absolute Gasteiger partial charge is 0.265 e. The molecule has 2 aromatic carbocycles. The van der Waals surface area contributed by atoms with Gasteiger partial charge >= 0.3 is 0 Å². The van der Waals surface area contributed by atoms with E-state index in [0.29, 0.717) is 0 Å². The predicted octanol–water partition coefficient (Wildman–Crippen LogP) is 5.57. The Morgan fingerprint density at radius 1 is 0.517 bits per heavy atom. The Bertz CT molecular complexity index is 994. The van der Waals surface area contributed by atoms with E-state index in [4.69, 9.17) is 0 Å². The Morgan fingerprint density at radius 2 is 0.897 bits per heavy atom. The van der Waals surface area contributed by atoms with Crippen LogP contribution in [0, 0.1) is 0 Å². The first kappa shape index (κ1) is 18.4. The molecule has 4 aromatic rings. The van der Waals surface area contributed by atoms with Gasteiger partial charge in [0.15, 0.2) is 0 Å². The molecule has 2 aromatic heterocycles. The monoisotopic (exact) mass is 376 g/mol. The Balaban J connectivity index is 1.36. The minimum Gasteiger partial charge on any atom is -0.265 e. The van der Waals surface area contributed by atoms with Crippen molar-refractivity contribution in [3.05, 3.63) is 120 Å². The third-order valence-corrected chi connectivity index (χ3v) is 4.42. The third kappa shape index (κ3) is 5.53. The maximum absolute atomic E-state index is 4.51. The molecule has 4 nitrogen and oxygen atoms in total. The molecule has 0 spiro atoms. The fraction of sp³-hybridized carbons (Fsp3) is 0.0400. The summed E-state index contributed by atoms with van der Waals surface area (Å²) in [5, 5.41) is 0. The highest BCUT2D eigenvalue weighted by molar-refractivity contribution is 5.82. The number of nitrogens with zero attached hydrogens (tertiary/aromatic N) is 4. The lowest BCUT2D eigenvalue weighted by Gasteiger charge is -2.03. The number of aliphatic imine (C=N–C) groups is 2. The van der Waals surface area contributed by atoms with Gasteiger partial charge in [0.1, 0.15) is 0 Å². The SMILES string of the molecule is C(=Nc1ccc(Cc2ccc(N=Cc3ccncc3)cc2)cc1)c1ccncc1. The van der Waals surface area contributed by atoms with Crippen LogP contribution >= 0.6 is 0 Å². The van der Waals surface area contributed by atoms with Gasteiger partial charge in [0.25, 0.3) is 0 Å². The van der Waals surface area contributed by atoms with Crippen molar-refractivity contribution in [2.24, 2.45) is 9.98 Å². The van der Waals surface area contributed by atoms with Gasteiger partial charge in [0.05, 0.1) is 11.4 Å². The van der Waals surface area contributed by atoms with Crippen LogP contribution in [-0.2, 0) is 6.42 Å². The van der Waals surface area contributed by atoms with Crippen LogP contribution in [0.1, 0.15) is 22.3 Å². The number of rotatable bonds is 6. The highest BCUT2D eigenvalue weighted by Crippen LogP contribution is 2.18. The van der Waals surface area contributed by atoms with E-state index in [-0.39, 0.29) is 0 Å². The zero-order chi connectivity index (χ0) is 19.7. The molecule has 0 aliphatic heterocycles. The average molecular weight is 376 g/mol. The van der Waals surface area contributed by atoms with Gasteiger partial charge in [-0.3, -0.25) is 20.0 Å². The Labute approximate surface area is 170 Å². The zero-order valence-electron chi connectivity index (χ0n) is 15.9. The van der Waals surface area contributed by atoms with E-state index in [9.17, 15) is 0 Å². The molecule has 4 rings (SSSR count). The molecular weight excluding hydrogens is 356 g/mol. The maximum Gasteiger partial charge on any atom is 0.0630 e. The van der Waals surface area contributed by atoms with Crippen LogP contribution in [-0.4, -0.2) is 22.4 Å². The number of benzene rings is 2. The van der Waals surface area contributed by atoms with E-state index in [2.05, 4.69) is 44.2 Å². The Kier molecular flexibility index (Phi) is 5.93. The molecule has 0 fully saturated rings. The summed E-state index contributed by atoms with van der Waals surface area (Å²) in [6.45, 7) is 0. The molecule has 4 heteroatoms. The first-order valence-corrected chi connectivity index (χ1v) is 9.41. The smallest absolute Gasteiger partial charge is 0.0630 e. The van der Waals surface area contributed by atoms with Crippen molar-refractivity contribution in [1.82, 2.24) is 9.97 Å². The third-order valence-electron chi connectivity index (χ3n) is 4.42. The van der Waals surface area contributed by atoms with Crippen LogP contribution in [0.15, 0.2) is 108 Å². The molecule has 2 heterocycles. The molecule has 0 unspecified atom stereocenters. The van der Waals surface area contributed by atoms with E-state index >= 15 is 0 Å².